The molecule has 9 nitrogen and oxygen atoms in total. The van der Waals surface area contributed by atoms with E-state index in [1.165, 1.54) is 37.3 Å². The van der Waals surface area contributed by atoms with Crippen LogP contribution in [0.4, 0.5) is 5.69 Å². The van der Waals surface area contributed by atoms with E-state index in [0.29, 0.717) is 35.0 Å². The van der Waals surface area contributed by atoms with Crippen molar-refractivity contribution >= 4 is 39.1 Å². The molecule has 2 amide bonds. The standard InChI is InChI=1S/C30H36ClN3O6S/c1-6-26(30(36)32-7-2)33(19-22-10-8-9-11-25(22)31)29(35)20-34(23-14-12-21(3)13-15-23)41(37,38)24-16-17-27(39-4)28(18-24)40-5/h8-18,26H,6-7,19-20H2,1-5H3,(H,32,36)/t26-/m0/s1. The van der Waals surface area contributed by atoms with Gasteiger partial charge in [-0.25, -0.2) is 8.42 Å². The van der Waals surface area contributed by atoms with E-state index in [1.54, 1.807) is 62.4 Å². The van der Waals surface area contributed by atoms with Crippen LogP contribution in [0.25, 0.3) is 0 Å². The first-order valence-corrected chi connectivity index (χ1v) is 15.0. The zero-order valence-corrected chi connectivity index (χ0v) is 25.5. The number of methoxy groups -OCH3 is 2. The van der Waals surface area contributed by atoms with E-state index in [0.717, 1.165) is 9.87 Å². The molecule has 0 radical (unpaired) electrons. The number of nitrogens with one attached hydrogen (secondary N) is 1. The number of benzene rings is 3. The maximum absolute atomic E-state index is 14.1. The number of hydrogen-bond donors (Lipinski definition) is 1. The highest BCUT2D eigenvalue weighted by Crippen LogP contribution is 2.32. The minimum Gasteiger partial charge on any atom is -0.493 e. The molecule has 0 aliphatic carbocycles. The Labute approximate surface area is 247 Å². The van der Waals surface area contributed by atoms with E-state index < -0.39 is 28.5 Å². The Morgan fingerprint density at radius 1 is 0.951 bits per heavy atom. The lowest BCUT2D eigenvalue weighted by Crippen LogP contribution is -2.52. The van der Waals surface area contributed by atoms with Crippen LogP contribution >= 0.6 is 11.6 Å². The van der Waals surface area contributed by atoms with Gasteiger partial charge in [0.25, 0.3) is 10.0 Å². The molecule has 0 heterocycles. The summed E-state index contributed by atoms with van der Waals surface area (Å²) in [5, 5.41) is 3.21. The molecular formula is C30H36ClN3O6S. The predicted octanol–water partition coefficient (Wildman–Crippen LogP) is 4.80. The second-order valence-electron chi connectivity index (χ2n) is 9.30. The first-order valence-electron chi connectivity index (χ1n) is 13.2. The quantitative estimate of drug-likeness (QED) is 0.302. The second kappa shape index (κ2) is 14.2. The molecule has 0 saturated heterocycles. The molecule has 0 aliphatic heterocycles. The van der Waals surface area contributed by atoms with E-state index in [1.807, 2.05) is 6.92 Å². The normalized spacial score (nSPS) is 11.9. The lowest BCUT2D eigenvalue weighted by Gasteiger charge is -2.33. The maximum atomic E-state index is 14.1. The molecule has 1 N–H and O–H groups in total. The molecule has 41 heavy (non-hydrogen) atoms. The van der Waals surface area contributed by atoms with Gasteiger partial charge >= 0.3 is 0 Å². The smallest absolute Gasteiger partial charge is 0.264 e. The number of nitrogens with zero attached hydrogens (tertiary/aromatic N) is 2. The van der Waals surface area contributed by atoms with Crippen molar-refractivity contribution in [2.75, 3.05) is 31.6 Å². The van der Waals surface area contributed by atoms with Crippen molar-refractivity contribution in [2.45, 2.75) is 44.7 Å². The third kappa shape index (κ3) is 7.51. The summed E-state index contributed by atoms with van der Waals surface area (Å²) in [4.78, 5) is 28.4. The molecule has 3 aromatic carbocycles. The lowest BCUT2D eigenvalue weighted by atomic mass is 10.1. The second-order valence-corrected chi connectivity index (χ2v) is 11.6. The van der Waals surface area contributed by atoms with Crippen molar-refractivity contribution < 1.29 is 27.5 Å². The zero-order chi connectivity index (χ0) is 30.2. The largest absolute Gasteiger partial charge is 0.493 e. The average Bonchev–Trinajstić information content (AvgIpc) is 2.96. The van der Waals surface area contributed by atoms with Crippen LogP contribution in [0, 0.1) is 6.92 Å². The summed E-state index contributed by atoms with van der Waals surface area (Å²) in [6.07, 6.45) is 0.314. The highest BCUT2D eigenvalue weighted by atomic mass is 35.5. The van der Waals surface area contributed by atoms with Crippen molar-refractivity contribution in [1.29, 1.82) is 0 Å². The Morgan fingerprint density at radius 3 is 2.20 bits per heavy atom. The van der Waals surface area contributed by atoms with Crippen LogP contribution in [0.5, 0.6) is 11.5 Å². The van der Waals surface area contributed by atoms with Crippen LogP contribution in [0.15, 0.2) is 71.6 Å². The number of rotatable bonds is 13. The first kappa shape index (κ1) is 31.8. The monoisotopic (exact) mass is 601 g/mol. The summed E-state index contributed by atoms with van der Waals surface area (Å²) in [6, 6.07) is 17.2. The number of sulfonamides is 1. The van der Waals surface area contributed by atoms with Gasteiger partial charge in [-0.3, -0.25) is 13.9 Å². The summed E-state index contributed by atoms with van der Waals surface area (Å²) in [7, 11) is -1.41. The Hall–Kier alpha value is -3.76. The molecule has 0 aromatic heterocycles. The van der Waals surface area contributed by atoms with Gasteiger partial charge in [0.1, 0.15) is 12.6 Å². The molecule has 0 aliphatic rings. The summed E-state index contributed by atoms with van der Waals surface area (Å²) in [6.45, 7) is 5.31. The van der Waals surface area contributed by atoms with Crippen molar-refractivity contribution in [3.05, 3.63) is 82.9 Å². The van der Waals surface area contributed by atoms with Crippen molar-refractivity contribution in [2.24, 2.45) is 0 Å². The van der Waals surface area contributed by atoms with Gasteiger partial charge in [-0.2, -0.15) is 0 Å². The Kier molecular flexibility index (Phi) is 11.0. The summed E-state index contributed by atoms with van der Waals surface area (Å²) < 4.78 is 39.8. The topological polar surface area (TPSA) is 105 Å². The van der Waals surface area contributed by atoms with Crippen LogP contribution in [0.1, 0.15) is 31.4 Å². The summed E-state index contributed by atoms with van der Waals surface area (Å²) >= 11 is 6.42. The SMILES string of the molecule is CCNC(=O)[C@H](CC)N(Cc1ccccc1Cl)C(=O)CN(c1ccc(C)cc1)S(=O)(=O)c1ccc(OC)c(OC)c1. The fraction of sp³-hybridized carbons (Fsp3) is 0.333. The third-order valence-corrected chi connectivity index (χ3v) is 8.72. The molecule has 1 atom stereocenters. The molecule has 0 spiro atoms. The molecule has 3 aromatic rings. The fourth-order valence-electron chi connectivity index (χ4n) is 4.37. The van der Waals surface area contributed by atoms with Gasteiger partial charge in [-0.15, -0.1) is 0 Å². The van der Waals surface area contributed by atoms with Gasteiger partial charge in [0, 0.05) is 24.2 Å². The lowest BCUT2D eigenvalue weighted by molar-refractivity contribution is -0.140. The number of amides is 2. The minimum absolute atomic E-state index is 0.0201. The number of aryl methyl sites for hydroxylation is 1. The Morgan fingerprint density at radius 2 is 1.61 bits per heavy atom. The molecule has 220 valence electrons. The molecular weight excluding hydrogens is 566 g/mol. The number of hydrogen-bond acceptors (Lipinski definition) is 6. The van der Waals surface area contributed by atoms with E-state index in [2.05, 4.69) is 5.32 Å². The highest BCUT2D eigenvalue weighted by molar-refractivity contribution is 7.92. The van der Waals surface area contributed by atoms with Crippen molar-refractivity contribution in [1.82, 2.24) is 10.2 Å². The van der Waals surface area contributed by atoms with Crippen LogP contribution in [0.3, 0.4) is 0 Å². The van der Waals surface area contributed by atoms with E-state index in [-0.39, 0.29) is 23.1 Å². The number of carbonyl (C=O) groups is 2. The van der Waals surface area contributed by atoms with Crippen LogP contribution in [0.2, 0.25) is 5.02 Å². The van der Waals surface area contributed by atoms with Crippen LogP contribution in [-0.4, -0.2) is 58.5 Å². The Bertz CT molecular complexity index is 1460. The average molecular weight is 602 g/mol. The minimum atomic E-state index is -4.27. The molecule has 0 bridgehead atoms. The Balaban J connectivity index is 2.10. The molecule has 0 saturated carbocycles. The van der Waals surface area contributed by atoms with E-state index in [4.69, 9.17) is 21.1 Å². The predicted molar refractivity (Wildman–Crippen MR) is 160 cm³/mol. The summed E-state index contributed by atoms with van der Waals surface area (Å²) in [5.74, 6) is -0.304. The third-order valence-electron chi connectivity index (χ3n) is 6.58. The molecule has 11 heteroatoms. The molecule has 0 unspecified atom stereocenters. The van der Waals surface area contributed by atoms with Gasteiger partial charge in [0.05, 0.1) is 24.8 Å². The van der Waals surface area contributed by atoms with Crippen LogP contribution < -0.4 is 19.1 Å². The number of ether oxygens (including phenoxy) is 2. The van der Waals surface area contributed by atoms with Gasteiger partial charge in [-0.1, -0.05) is 54.4 Å². The first-order chi connectivity index (χ1) is 19.6. The molecule has 3 rings (SSSR count). The molecule has 0 fully saturated rings. The fourth-order valence-corrected chi connectivity index (χ4v) is 5.99. The van der Waals surface area contributed by atoms with Crippen molar-refractivity contribution in [3.63, 3.8) is 0 Å². The van der Waals surface area contributed by atoms with Gasteiger partial charge < -0.3 is 19.7 Å². The van der Waals surface area contributed by atoms with Gasteiger partial charge in [-0.05, 0) is 56.2 Å². The number of anilines is 1. The van der Waals surface area contributed by atoms with E-state index in [9.17, 15) is 18.0 Å². The van der Waals surface area contributed by atoms with Crippen LogP contribution in [-0.2, 0) is 26.2 Å². The van der Waals surface area contributed by atoms with E-state index >= 15 is 0 Å². The van der Waals surface area contributed by atoms with Crippen molar-refractivity contribution in [3.8, 4) is 11.5 Å². The number of carbonyl (C=O) groups excluding carboxylic acids is 2. The highest BCUT2D eigenvalue weighted by Gasteiger charge is 2.34. The zero-order valence-electron chi connectivity index (χ0n) is 23.9. The summed E-state index contributed by atoms with van der Waals surface area (Å²) in [5.41, 5.74) is 1.85. The van der Waals surface area contributed by atoms with Gasteiger partial charge in [0.2, 0.25) is 11.8 Å². The number of likely N-dealkylation sites (N-methyl/N-ethyl adjacent to an activating group) is 1. The van der Waals surface area contributed by atoms with Gasteiger partial charge in [0.15, 0.2) is 11.5 Å². The maximum Gasteiger partial charge on any atom is 0.264 e. The number of halogens is 1.